The fourth-order valence-electron chi connectivity index (χ4n) is 2.76. The number of carboxylic acid groups (broad SMARTS) is 1. The van der Waals surface area contributed by atoms with Crippen LogP contribution in [0, 0.1) is 13.8 Å². The van der Waals surface area contributed by atoms with Crippen molar-refractivity contribution in [1.29, 1.82) is 0 Å². The standard InChI is InChI=1S/C18H17NO3S/c1-10-6-4-5-7-13(10)16(20)14-8-19(12(3)18(21)22)17-15(14)11(2)9-23-17/h4-9,12H,1-3H3,(H,21,22). The zero-order chi connectivity index (χ0) is 16.7. The van der Waals surface area contributed by atoms with E-state index in [2.05, 4.69) is 0 Å². The Balaban J connectivity index is 2.22. The van der Waals surface area contributed by atoms with Crippen molar-refractivity contribution in [1.82, 2.24) is 4.57 Å². The molecule has 0 radical (unpaired) electrons. The second-order valence-corrected chi connectivity index (χ2v) is 6.57. The SMILES string of the molecule is Cc1ccccc1C(=O)c1cn(C(C)C(=O)O)c2scc(C)c12. The third-order valence-corrected chi connectivity index (χ3v) is 5.25. The largest absolute Gasteiger partial charge is 0.480 e. The lowest BCUT2D eigenvalue weighted by Gasteiger charge is -2.08. The normalized spacial score (nSPS) is 12.5. The molecule has 1 atom stereocenters. The van der Waals surface area contributed by atoms with Crippen LogP contribution in [0.2, 0.25) is 0 Å². The highest BCUT2D eigenvalue weighted by Crippen LogP contribution is 2.34. The third-order valence-electron chi connectivity index (χ3n) is 4.14. The van der Waals surface area contributed by atoms with Crippen LogP contribution in [0.5, 0.6) is 0 Å². The molecule has 0 bridgehead atoms. The number of carboxylic acids is 1. The van der Waals surface area contributed by atoms with Gasteiger partial charge < -0.3 is 9.67 Å². The highest BCUT2D eigenvalue weighted by Gasteiger charge is 2.24. The topological polar surface area (TPSA) is 59.3 Å². The van der Waals surface area contributed by atoms with E-state index < -0.39 is 12.0 Å². The molecule has 0 aliphatic carbocycles. The number of carbonyl (C=O) groups excluding carboxylic acids is 1. The number of hydrogen-bond acceptors (Lipinski definition) is 3. The number of aryl methyl sites for hydroxylation is 2. The molecule has 23 heavy (non-hydrogen) atoms. The number of aromatic nitrogens is 1. The van der Waals surface area contributed by atoms with Crippen molar-refractivity contribution in [3.05, 3.63) is 58.1 Å². The summed E-state index contributed by atoms with van der Waals surface area (Å²) in [6.07, 6.45) is 1.68. The van der Waals surface area contributed by atoms with Gasteiger partial charge in [-0.05, 0) is 37.3 Å². The van der Waals surface area contributed by atoms with E-state index in [0.29, 0.717) is 11.1 Å². The van der Waals surface area contributed by atoms with Gasteiger partial charge in [0.2, 0.25) is 0 Å². The summed E-state index contributed by atoms with van der Waals surface area (Å²) in [5.74, 6) is -0.978. The summed E-state index contributed by atoms with van der Waals surface area (Å²) in [6, 6.07) is 6.74. The monoisotopic (exact) mass is 327 g/mol. The third kappa shape index (κ3) is 2.47. The molecule has 0 amide bonds. The van der Waals surface area contributed by atoms with Gasteiger partial charge in [-0.1, -0.05) is 24.3 Å². The summed E-state index contributed by atoms with van der Waals surface area (Å²) in [5.41, 5.74) is 3.14. The molecule has 0 spiro atoms. The first-order valence-electron chi connectivity index (χ1n) is 7.33. The number of hydrogen-bond donors (Lipinski definition) is 1. The first kappa shape index (κ1) is 15.5. The Labute approximate surface area is 138 Å². The summed E-state index contributed by atoms with van der Waals surface area (Å²) in [4.78, 5) is 25.2. The number of rotatable bonds is 4. The molecule has 0 saturated carbocycles. The average Bonchev–Trinajstić information content (AvgIpc) is 3.07. The predicted molar refractivity (Wildman–Crippen MR) is 91.5 cm³/mol. The first-order valence-corrected chi connectivity index (χ1v) is 8.21. The van der Waals surface area contributed by atoms with Gasteiger partial charge in [0.05, 0.1) is 0 Å². The lowest BCUT2D eigenvalue weighted by atomic mass is 9.99. The Bertz CT molecular complexity index is 920. The number of fused-ring (bicyclic) bond motifs is 1. The minimum Gasteiger partial charge on any atom is -0.480 e. The maximum Gasteiger partial charge on any atom is 0.326 e. The van der Waals surface area contributed by atoms with Gasteiger partial charge in [-0.25, -0.2) is 4.79 Å². The summed E-state index contributed by atoms with van der Waals surface area (Å²) in [7, 11) is 0. The van der Waals surface area contributed by atoms with Gasteiger partial charge in [-0.15, -0.1) is 11.3 Å². The number of nitrogens with zero attached hydrogens (tertiary/aromatic N) is 1. The summed E-state index contributed by atoms with van der Waals surface area (Å²) in [5, 5.41) is 12.1. The Morgan fingerprint density at radius 2 is 1.83 bits per heavy atom. The molecule has 0 aliphatic heterocycles. The molecule has 2 aromatic heterocycles. The maximum absolute atomic E-state index is 13.0. The lowest BCUT2D eigenvalue weighted by Crippen LogP contribution is -2.14. The maximum atomic E-state index is 13.0. The van der Waals surface area contributed by atoms with Gasteiger partial charge in [0, 0.05) is 22.7 Å². The molecule has 0 aliphatic rings. The number of thiophene rings is 1. The van der Waals surface area contributed by atoms with Crippen molar-refractivity contribution in [3.8, 4) is 0 Å². The minimum atomic E-state index is -0.914. The summed E-state index contributed by atoms with van der Waals surface area (Å²) >= 11 is 1.47. The number of ketones is 1. The van der Waals surface area contributed by atoms with E-state index in [0.717, 1.165) is 21.3 Å². The summed E-state index contributed by atoms with van der Waals surface area (Å²) < 4.78 is 1.68. The molecular weight excluding hydrogens is 310 g/mol. The molecule has 1 aromatic carbocycles. The molecule has 0 fully saturated rings. The number of aliphatic carboxylic acids is 1. The van der Waals surface area contributed by atoms with Crippen molar-refractivity contribution >= 4 is 33.3 Å². The molecule has 3 aromatic rings. The van der Waals surface area contributed by atoms with Crippen LogP contribution in [0.4, 0.5) is 0 Å². The highest BCUT2D eigenvalue weighted by molar-refractivity contribution is 7.17. The van der Waals surface area contributed by atoms with Crippen LogP contribution in [0.1, 0.15) is 40.0 Å². The van der Waals surface area contributed by atoms with Gasteiger partial charge in [0.25, 0.3) is 0 Å². The highest BCUT2D eigenvalue weighted by atomic mass is 32.1. The second kappa shape index (κ2) is 5.66. The Morgan fingerprint density at radius 1 is 1.13 bits per heavy atom. The summed E-state index contributed by atoms with van der Waals surface area (Å²) in [6.45, 7) is 5.48. The average molecular weight is 327 g/mol. The van der Waals surface area contributed by atoms with Crippen LogP contribution < -0.4 is 0 Å². The fraction of sp³-hybridized carbons (Fsp3) is 0.222. The molecule has 118 valence electrons. The number of benzene rings is 1. The van der Waals surface area contributed by atoms with Crippen LogP contribution in [-0.2, 0) is 4.79 Å². The van der Waals surface area contributed by atoms with Crippen LogP contribution in [0.3, 0.4) is 0 Å². The Kier molecular flexibility index (Phi) is 3.82. The van der Waals surface area contributed by atoms with Gasteiger partial charge in [0.1, 0.15) is 10.9 Å². The van der Waals surface area contributed by atoms with Gasteiger partial charge in [-0.3, -0.25) is 4.79 Å². The Hall–Kier alpha value is -2.40. The molecule has 3 rings (SSSR count). The van der Waals surface area contributed by atoms with E-state index in [9.17, 15) is 14.7 Å². The second-order valence-electron chi connectivity index (χ2n) is 5.71. The molecule has 1 unspecified atom stereocenters. The van der Waals surface area contributed by atoms with Gasteiger partial charge in [0.15, 0.2) is 5.78 Å². The quantitative estimate of drug-likeness (QED) is 0.731. The van der Waals surface area contributed by atoms with E-state index >= 15 is 0 Å². The first-order chi connectivity index (χ1) is 10.9. The zero-order valence-electron chi connectivity index (χ0n) is 13.2. The van der Waals surface area contributed by atoms with Crippen molar-refractivity contribution in [2.75, 3.05) is 0 Å². The fourth-order valence-corrected chi connectivity index (χ4v) is 3.89. The Morgan fingerprint density at radius 3 is 2.48 bits per heavy atom. The van der Waals surface area contributed by atoms with E-state index in [1.54, 1.807) is 17.7 Å². The van der Waals surface area contributed by atoms with Crippen molar-refractivity contribution < 1.29 is 14.7 Å². The van der Waals surface area contributed by atoms with Gasteiger partial charge >= 0.3 is 5.97 Å². The van der Waals surface area contributed by atoms with Gasteiger partial charge in [-0.2, -0.15) is 0 Å². The van der Waals surface area contributed by atoms with Crippen LogP contribution >= 0.6 is 11.3 Å². The lowest BCUT2D eigenvalue weighted by molar-refractivity contribution is -0.140. The van der Waals surface area contributed by atoms with E-state index in [4.69, 9.17) is 0 Å². The minimum absolute atomic E-state index is 0.0639. The van der Waals surface area contributed by atoms with Crippen molar-refractivity contribution in [3.63, 3.8) is 0 Å². The van der Waals surface area contributed by atoms with E-state index in [-0.39, 0.29) is 5.78 Å². The molecule has 5 heteroatoms. The smallest absolute Gasteiger partial charge is 0.326 e. The molecular formula is C18H17NO3S. The number of carbonyl (C=O) groups is 2. The van der Waals surface area contributed by atoms with E-state index in [1.807, 2.05) is 43.5 Å². The van der Waals surface area contributed by atoms with Crippen LogP contribution in [0.15, 0.2) is 35.8 Å². The molecule has 0 saturated heterocycles. The van der Waals surface area contributed by atoms with Crippen LogP contribution in [0.25, 0.3) is 10.2 Å². The zero-order valence-corrected chi connectivity index (χ0v) is 14.0. The predicted octanol–water partition coefficient (Wildman–Crippen LogP) is 4.20. The van der Waals surface area contributed by atoms with E-state index in [1.165, 1.54) is 11.3 Å². The molecule has 4 nitrogen and oxygen atoms in total. The molecule has 1 N–H and O–H groups in total. The van der Waals surface area contributed by atoms with Crippen LogP contribution in [-0.4, -0.2) is 21.4 Å². The molecule has 2 heterocycles. The van der Waals surface area contributed by atoms with Crippen molar-refractivity contribution in [2.24, 2.45) is 0 Å². The van der Waals surface area contributed by atoms with Crippen molar-refractivity contribution in [2.45, 2.75) is 26.8 Å².